The van der Waals surface area contributed by atoms with Crippen LogP contribution >= 0.6 is 11.6 Å². The summed E-state index contributed by atoms with van der Waals surface area (Å²) in [6, 6.07) is 9.54. The van der Waals surface area contributed by atoms with Crippen molar-refractivity contribution in [3.05, 3.63) is 35.9 Å². The summed E-state index contributed by atoms with van der Waals surface area (Å²) in [5.41, 5.74) is 0.956. The minimum absolute atomic E-state index is 0.0135. The Kier molecular flexibility index (Phi) is 5.87. The molecule has 1 aromatic carbocycles. The van der Waals surface area contributed by atoms with Gasteiger partial charge in [0.25, 0.3) is 0 Å². The van der Waals surface area contributed by atoms with Crippen LogP contribution in [0.15, 0.2) is 30.3 Å². The van der Waals surface area contributed by atoms with E-state index in [1.54, 1.807) is 4.90 Å². The van der Waals surface area contributed by atoms with Crippen molar-refractivity contribution >= 4 is 23.6 Å². The quantitative estimate of drug-likeness (QED) is 0.848. The molecular formula is C15H19ClN2O3. The van der Waals surface area contributed by atoms with E-state index in [0.717, 1.165) is 18.4 Å². The third-order valence-corrected chi connectivity index (χ3v) is 3.72. The fraction of sp³-hybridized carbons (Fsp3) is 0.467. The van der Waals surface area contributed by atoms with Crippen molar-refractivity contribution in [3.63, 3.8) is 0 Å². The Bertz CT molecular complexity index is 481. The van der Waals surface area contributed by atoms with Crippen molar-refractivity contribution in [2.24, 2.45) is 0 Å². The Morgan fingerprint density at radius 1 is 1.33 bits per heavy atom. The minimum atomic E-state index is -0.332. The van der Waals surface area contributed by atoms with Crippen molar-refractivity contribution < 1.29 is 14.3 Å². The maximum absolute atomic E-state index is 12.1. The summed E-state index contributed by atoms with van der Waals surface area (Å²) in [4.78, 5) is 25.0. The highest BCUT2D eigenvalue weighted by atomic mass is 35.5. The molecule has 0 unspecified atom stereocenters. The SMILES string of the molecule is O=C(CCl)NC[C@H]1CCCN1C(=O)OCc1ccccc1. The molecule has 1 aromatic rings. The number of halogens is 1. The molecule has 1 atom stereocenters. The molecule has 114 valence electrons. The molecule has 0 saturated carbocycles. The highest BCUT2D eigenvalue weighted by Gasteiger charge is 2.29. The highest BCUT2D eigenvalue weighted by Crippen LogP contribution is 2.18. The summed E-state index contributed by atoms with van der Waals surface area (Å²) < 4.78 is 5.32. The van der Waals surface area contributed by atoms with Gasteiger partial charge in [-0.1, -0.05) is 30.3 Å². The number of carbonyl (C=O) groups excluding carboxylic acids is 2. The maximum atomic E-state index is 12.1. The third-order valence-electron chi connectivity index (χ3n) is 3.47. The van der Waals surface area contributed by atoms with E-state index < -0.39 is 0 Å². The van der Waals surface area contributed by atoms with Gasteiger partial charge in [0.1, 0.15) is 12.5 Å². The average Bonchev–Trinajstić information content (AvgIpc) is 2.99. The molecule has 2 rings (SSSR count). The first kappa shape index (κ1) is 15.6. The van der Waals surface area contributed by atoms with Gasteiger partial charge in [-0.15, -0.1) is 11.6 Å². The minimum Gasteiger partial charge on any atom is -0.445 e. The van der Waals surface area contributed by atoms with E-state index in [2.05, 4.69) is 5.32 Å². The smallest absolute Gasteiger partial charge is 0.410 e. The van der Waals surface area contributed by atoms with Crippen LogP contribution in [0.25, 0.3) is 0 Å². The molecule has 0 radical (unpaired) electrons. The molecule has 5 nitrogen and oxygen atoms in total. The van der Waals surface area contributed by atoms with E-state index in [1.807, 2.05) is 30.3 Å². The zero-order chi connectivity index (χ0) is 15.1. The van der Waals surface area contributed by atoms with Crippen LogP contribution in [0.2, 0.25) is 0 Å². The molecule has 1 aliphatic heterocycles. The van der Waals surface area contributed by atoms with E-state index in [4.69, 9.17) is 16.3 Å². The molecule has 0 aliphatic carbocycles. The lowest BCUT2D eigenvalue weighted by Gasteiger charge is -2.24. The summed E-state index contributed by atoms with van der Waals surface area (Å²) in [6.45, 7) is 1.35. The van der Waals surface area contributed by atoms with E-state index in [1.165, 1.54) is 0 Å². The number of hydrogen-bond donors (Lipinski definition) is 1. The molecule has 2 amide bonds. The largest absolute Gasteiger partial charge is 0.445 e. The molecule has 1 saturated heterocycles. The monoisotopic (exact) mass is 310 g/mol. The van der Waals surface area contributed by atoms with Gasteiger partial charge >= 0.3 is 6.09 Å². The average molecular weight is 311 g/mol. The number of alkyl halides is 1. The van der Waals surface area contributed by atoms with Crippen LogP contribution in [0, 0.1) is 0 Å². The Labute approximate surface area is 129 Å². The fourth-order valence-corrected chi connectivity index (χ4v) is 2.46. The number of carbonyl (C=O) groups is 2. The molecule has 1 N–H and O–H groups in total. The molecule has 6 heteroatoms. The van der Waals surface area contributed by atoms with Crippen molar-refractivity contribution in [3.8, 4) is 0 Å². The number of likely N-dealkylation sites (tertiary alicyclic amines) is 1. The Hall–Kier alpha value is -1.75. The molecule has 1 fully saturated rings. The maximum Gasteiger partial charge on any atom is 0.410 e. The van der Waals surface area contributed by atoms with Crippen molar-refractivity contribution in [2.45, 2.75) is 25.5 Å². The normalized spacial score (nSPS) is 17.6. The topological polar surface area (TPSA) is 58.6 Å². The summed E-state index contributed by atoms with van der Waals surface area (Å²) in [5, 5.41) is 2.71. The summed E-state index contributed by atoms with van der Waals surface area (Å²) >= 11 is 5.44. The lowest BCUT2D eigenvalue weighted by Crippen LogP contribution is -2.43. The van der Waals surface area contributed by atoms with Crippen molar-refractivity contribution in [1.29, 1.82) is 0 Å². The Morgan fingerprint density at radius 2 is 2.10 bits per heavy atom. The van der Waals surface area contributed by atoms with Crippen LogP contribution in [0.3, 0.4) is 0 Å². The molecular weight excluding hydrogens is 292 g/mol. The predicted molar refractivity (Wildman–Crippen MR) is 80.1 cm³/mol. The number of amides is 2. The zero-order valence-corrected chi connectivity index (χ0v) is 12.5. The van der Waals surface area contributed by atoms with Crippen LogP contribution in [0.1, 0.15) is 18.4 Å². The van der Waals surface area contributed by atoms with E-state index in [0.29, 0.717) is 13.1 Å². The zero-order valence-electron chi connectivity index (χ0n) is 11.8. The van der Waals surface area contributed by atoms with Gasteiger partial charge in [0.15, 0.2) is 0 Å². The van der Waals surface area contributed by atoms with Gasteiger partial charge in [0.2, 0.25) is 5.91 Å². The standard InChI is InChI=1S/C15H19ClN2O3/c16-9-14(19)17-10-13-7-4-8-18(13)15(20)21-11-12-5-2-1-3-6-12/h1-3,5-6,13H,4,7-11H2,(H,17,19)/t13-/m1/s1. The molecule has 1 heterocycles. The first-order valence-corrected chi connectivity index (χ1v) is 7.54. The van der Waals surface area contributed by atoms with Crippen LogP contribution < -0.4 is 5.32 Å². The van der Waals surface area contributed by atoms with Gasteiger partial charge in [-0.2, -0.15) is 0 Å². The second-order valence-corrected chi connectivity index (χ2v) is 5.23. The number of nitrogens with one attached hydrogen (secondary N) is 1. The molecule has 0 bridgehead atoms. The van der Waals surface area contributed by atoms with Crippen molar-refractivity contribution in [2.75, 3.05) is 19.0 Å². The van der Waals surface area contributed by atoms with Crippen LogP contribution in [-0.4, -0.2) is 41.9 Å². The third kappa shape index (κ3) is 4.63. The molecule has 0 spiro atoms. The second kappa shape index (κ2) is 7.88. The second-order valence-electron chi connectivity index (χ2n) is 4.97. The summed E-state index contributed by atoms with van der Waals surface area (Å²) in [7, 11) is 0. The van der Waals surface area contributed by atoms with Crippen LogP contribution in [0.5, 0.6) is 0 Å². The molecule has 21 heavy (non-hydrogen) atoms. The number of benzene rings is 1. The van der Waals surface area contributed by atoms with E-state index >= 15 is 0 Å². The summed E-state index contributed by atoms with van der Waals surface area (Å²) in [5.74, 6) is -0.285. The number of hydrogen-bond acceptors (Lipinski definition) is 3. The molecule has 0 aromatic heterocycles. The van der Waals surface area contributed by atoms with Crippen molar-refractivity contribution in [1.82, 2.24) is 10.2 Å². The lowest BCUT2D eigenvalue weighted by molar-refractivity contribution is -0.118. The summed E-state index contributed by atoms with van der Waals surface area (Å²) in [6.07, 6.45) is 1.45. The van der Waals surface area contributed by atoms with Gasteiger partial charge in [0, 0.05) is 13.1 Å². The number of rotatable bonds is 5. The van der Waals surface area contributed by atoms with E-state index in [-0.39, 0.29) is 30.5 Å². The molecule has 1 aliphatic rings. The van der Waals surface area contributed by atoms with Gasteiger partial charge < -0.3 is 15.0 Å². The fourth-order valence-electron chi connectivity index (χ4n) is 2.37. The first-order chi connectivity index (χ1) is 10.2. The lowest BCUT2D eigenvalue weighted by atomic mass is 10.2. The Balaban J connectivity index is 1.81. The van der Waals surface area contributed by atoms with Crippen LogP contribution in [-0.2, 0) is 16.1 Å². The van der Waals surface area contributed by atoms with Gasteiger partial charge in [-0.3, -0.25) is 4.79 Å². The van der Waals surface area contributed by atoms with E-state index in [9.17, 15) is 9.59 Å². The Morgan fingerprint density at radius 3 is 2.81 bits per heavy atom. The predicted octanol–water partition coefficient (Wildman–Crippen LogP) is 2.14. The first-order valence-electron chi connectivity index (χ1n) is 7.00. The highest BCUT2D eigenvalue weighted by molar-refractivity contribution is 6.27. The van der Waals surface area contributed by atoms with Gasteiger partial charge in [0.05, 0.1) is 6.04 Å². The number of ether oxygens (including phenoxy) is 1. The van der Waals surface area contributed by atoms with Gasteiger partial charge in [-0.05, 0) is 18.4 Å². The van der Waals surface area contributed by atoms with Gasteiger partial charge in [-0.25, -0.2) is 4.79 Å². The number of nitrogens with zero attached hydrogens (tertiary/aromatic N) is 1. The van der Waals surface area contributed by atoms with Crippen LogP contribution in [0.4, 0.5) is 4.79 Å².